The fraction of sp³-hybridized carbons (Fsp3) is 0.154. The number of aromatic nitrogens is 3. The summed E-state index contributed by atoms with van der Waals surface area (Å²) in [6.45, 7) is 0.0150. The molecule has 0 bridgehead atoms. The number of H-pyrrole nitrogens is 1. The van der Waals surface area contributed by atoms with Crippen molar-refractivity contribution in [2.75, 3.05) is 11.9 Å². The van der Waals surface area contributed by atoms with E-state index in [4.69, 9.17) is 5.11 Å². The number of carbonyl (C=O) groups is 1. The minimum atomic E-state index is -0.278. The zero-order chi connectivity index (χ0) is 13.5. The van der Waals surface area contributed by atoms with Gasteiger partial charge in [-0.2, -0.15) is 5.10 Å². The molecule has 2 rings (SSSR count). The minimum absolute atomic E-state index is 0.0150. The van der Waals surface area contributed by atoms with Gasteiger partial charge in [0.05, 0.1) is 24.1 Å². The van der Waals surface area contributed by atoms with Gasteiger partial charge in [0.1, 0.15) is 0 Å². The minimum Gasteiger partial charge on any atom is -0.395 e. The van der Waals surface area contributed by atoms with Crippen molar-refractivity contribution >= 4 is 11.6 Å². The normalized spacial score (nSPS) is 9.53. The van der Waals surface area contributed by atoms with Crippen LogP contribution in [0.5, 0.6) is 0 Å². The summed E-state index contributed by atoms with van der Waals surface area (Å²) in [5.74, 6) is 5.33. The molecule has 1 amide bonds. The molecular weight excluding hydrogens is 244 g/mol. The van der Waals surface area contributed by atoms with Gasteiger partial charge in [0.2, 0.25) is 0 Å². The number of aliphatic hydroxyl groups is 1. The van der Waals surface area contributed by atoms with Crippen molar-refractivity contribution in [3.8, 4) is 11.8 Å². The van der Waals surface area contributed by atoms with Crippen LogP contribution in [0.1, 0.15) is 22.3 Å². The molecule has 6 nitrogen and oxygen atoms in total. The van der Waals surface area contributed by atoms with Crippen LogP contribution in [0.4, 0.5) is 5.69 Å². The summed E-state index contributed by atoms with van der Waals surface area (Å²) in [6.07, 6.45) is 6.52. The van der Waals surface area contributed by atoms with Crippen LogP contribution in [0.3, 0.4) is 0 Å². The summed E-state index contributed by atoms with van der Waals surface area (Å²) in [5.41, 5.74) is 1.63. The van der Waals surface area contributed by atoms with Gasteiger partial charge in [-0.05, 0) is 6.07 Å². The first kappa shape index (κ1) is 12.8. The molecule has 3 N–H and O–H groups in total. The second kappa shape index (κ2) is 6.33. The average molecular weight is 256 g/mol. The Bertz CT molecular complexity index is 611. The predicted molar refractivity (Wildman–Crippen MR) is 69.4 cm³/mol. The predicted octanol–water partition coefficient (Wildman–Crippen LogP) is 0.791. The highest BCUT2D eigenvalue weighted by Gasteiger charge is 2.07. The highest BCUT2D eigenvalue weighted by Crippen LogP contribution is 2.07. The molecule has 0 spiro atoms. The van der Waals surface area contributed by atoms with Crippen molar-refractivity contribution < 1.29 is 9.90 Å². The van der Waals surface area contributed by atoms with E-state index in [0.29, 0.717) is 23.2 Å². The lowest BCUT2D eigenvalue weighted by Gasteiger charge is -2.01. The smallest absolute Gasteiger partial charge is 0.257 e. The van der Waals surface area contributed by atoms with Crippen LogP contribution >= 0.6 is 0 Å². The zero-order valence-corrected chi connectivity index (χ0v) is 10.1. The Hall–Kier alpha value is -2.65. The Morgan fingerprint density at radius 3 is 3.05 bits per heavy atom. The van der Waals surface area contributed by atoms with Crippen molar-refractivity contribution in [3.63, 3.8) is 0 Å². The third-order valence-corrected chi connectivity index (χ3v) is 2.23. The first-order valence-corrected chi connectivity index (χ1v) is 5.64. The highest BCUT2D eigenvalue weighted by atomic mass is 16.2. The van der Waals surface area contributed by atoms with Crippen LogP contribution in [0.25, 0.3) is 0 Å². The van der Waals surface area contributed by atoms with Gasteiger partial charge < -0.3 is 10.4 Å². The van der Waals surface area contributed by atoms with Crippen molar-refractivity contribution in [2.45, 2.75) is 6.42 Å². The van der Waals surface area contributed by atoms with Crippen LogP contribution in [0, 0.1) is 11.8 Å². The lowest BCUT2D eigenvalue weighted by atomic mass is 10.2. The van der Waals surface area contributed by atoms with E-state index in [1.54, 1.807) is 18.5 Å². The van der Waals surface area contributed by atoms with Gasteiger partial charge in [-0.3, -0.25) is 14.9 Å². The number of rotatable bonds is 3. The second-order valence-electron chi connectivity index (χ2n) is 3.68. The van der Waals surface area contributed by atoms with Crippen LogP contribution in [-0.4, -0.2) is 32.8 Å². The molecule has 0 fully saturated rings. The van der Waals surface area contributed by atoms with Gasteiger partial charge in [-0.25, -0.2) is 0 Å². The fourth-order valence-electron chi connectivity index (χ4n) is 1.38. The first-order valence-electron chi connectivity index (χ1n) is 5.64. The molecule has 0 aliphatic carbocycles. The standard InChI is InChI=1S/C13H12N4O2/c18-4-2-1-3-10-5-11(7-14-6-10)13(19)17-12-8-15-16-9-12/h5-9,18H,2,4H2,(H,15,16)(H,17,19). The van der Waals surface area contributed by atoms with Gasteiger partial charge in [0.15, 0.2) is 0 Å². The molecule has 2 heterocycles. The van der Waals surface area contributed by atoms with Crippen molar-refractivity contribution in [1.82, 2.24) is 15.2 Å². The van der Waals surface area contributed by atoms with Gasteiger partial charge in [-0.15, -0.1) is 0 Å². The molecule has 6 heteroatoms. The van der Waals surface area contributed by atoms with E-state index in [2.05, 4.69) is 32.3 Å². The monoisotopic (exact) mass is 256 g/mol. The largest absolute Gasteiger partial charge is 0.395 e. The molecule has 2 aromatic heterocycles. The summed E-state index contributed by atoms with van der Waals surface area (Å²) in [6, 6.07) is 1.65. The SMILES string of the molecule is O=C(Nc1cn[nH]c1)c1cncc(C#CCCO)c1. The molecule has 19 heavy (non-hydrogen) atoms. The number of nitrogens with one attached hydrogen (secondary N) is 2. The molecule has 0 atom stereocenters. The van der Waals surface area contributed by atoms with E-state index in [1.165, 1.54) is 12.4 Å². The molecule has 0 aromatic carbocycles. The van der Waals surface area contributed by atoms with Gasteiger partial charge >= 0.3 is 0 Å². The molecule has 0 aliphatic heterocycles. The summed E-state index contributed by atoms with van der Waals surface area (Å²) >= 11 is 0. The fourth-order valence-corrected chi connectivity index (χ4v) is 1.38. The summed E-state index contributed by atoms with van der Waals surface area (Å²) in [4.78, 5) is 15.9. The maximum atomic E-state index is 11.9. The summed E-state index contributed by atoms with van der Waals surface area (Å²) in [5, 5.41) is 17.7. The van der Waals surface area contributed by atoms with Crippen molar-refractivity contribution in [3.05, 3.63) is 42.0 Å². The summed E-state index contributed by atoms with van der Waals surface area (Å²) < 4.78 is 0. The van der Waals surface area contributed by atoms with Crippen molar-refractivity contribution in [2.24, 2.45) is 0 Å². The maximum Gasteiger partial charge on any atom is 0.257 e. The van der Waals surface area contributed by atoms with Gasteiger partial charge in [0, 0.05) is 30.6 Å². The van der Waals surface area contributed by atoms with E-state index >= 15 is 0 Å². The third-order valence-electron chi connectivity index (χ3n) is 2.23. The number of hydrogen-bond acceptors (Lipinski definition) is 4. The number of carbonyl (C=O) groups excluding carboxylic acids is 1. The lowest BCUT2D eigenvalue weighted by Crippen LogP contribution is -2.11. The van der Waals surface area contributed by atoms with Crippen LogP contribution in [0.15, 0.2) is 30.9 Å². The summed E-state index contributed by atoms with van der Waals surface area (Å²) in [7, 11) is 0. The Balaban J connectivity index is 2.10. The molecule has 0 aliphatic rings. The Labute approximate surface area is 109 Å². The topological polar surface area (TPSA) is 90.9 Å². The number of aliphatic hydroxyl groups excluding tert-OH is 1. The van der Waals surface area contributed by atoms with E-state index in [1.807, 2.05) is 0 Å². The Morgan fingerprint density at radius 1 is 1.42 bits per heavy atom. The number of aromatic amines is 1. The number of amides is 1. The molecule has 0 radical (unpaired) electrons. The van der Waals surface area contributed by atoms with E-state index < -0.39 is 0 Å². The van der Waals surface area contributed by atoms with E-state index in [-0.39, 0.29) is 12.5 Å². The molecule has 2 aromatic rings. The lowest BCUT2D eigenvalue weighted by molar-refractivity contribution is 0.102. The van der Waals surface area contributed by atoms with Crippen LogP contribution < -0.4 is 5.32 Å². The number of anilines is 1. The van der Waals surface area contributed by atoms with Gasteiger partial charge in [-0.1, -0.05) is 11.8 Å². The second-order valence-corrected chi connectivity index (χ2v) is 3.68. The Morgan fingerprint density at radius 2 is 2.32 bits per heavy atom. The molecular formula is C13H12N4O2. The average Bonchev–Trinajstić information content (AvgIpc) is 2.92. The van der Waals surface area contributed by atoms with E-state index in [0.717, 1.165) is 0 Å². The highest BCUT2D eigenvalue weighted by molar-refractivity contribution is 6.04. The van der Waals surface area contributed by atoms with Gasteiger partial charge in [0.25, 0.3) is 5.91 Å². The Kier molecular flexibility index (Phi) is 4.26. The number of hydrogen-bond donors (Lipinski definition) is 3. The van der Waals surface area contributed by atoms with Crippen molar-refractivity contribution in [1.29, 1.82) is 0 Å². The van der Waals surface area contributed by atoms with E-state index in [9.17, 15) is 4.79 Å². The maximum absolute atomic E-state index is 11.9. The zero-order valence-electron chi connectivity index (χ0n) is 10.1. The third kappa shape index (κ3) is 3.66. The molecule has 0 saturated heterocycles. The van der Waals surface area contributed by atoms with Crippen LogP contribution in [-0.2, 0) is 0 Å². The molecule has 0 saturated carbocycles. The molecule has 0 unspecified atom stereocenters. The first-order chi connectivity index (χ1) is 9.29. The number of pyridine rings is 1. The molecule has 96 valence electrons. The van der Waals surface area contributed by atoms with Crippen LogP contribution in [0.2, 0.25) is 0 Å². The number of nitrogens with zero attached hydrogens (tertiary/aromatic N) is 2. The quantitative estimate of drug-likeness (QED) is 0.708.